The fourth-order valence-electron chi connectivity index (χ4n) is 3.94. The van der Waals surface area contributed by atoms with Gasteiger partial charge in [0.15, 0.2) is 0 Å². The monoisotopic (exact) mass is 349 g/mol. The van der Waals surface area contributed by atoms with Gasteiger partial charge in [-0.15, -0.1) is 0 Å². The maximum atomic E-state index is 12.6. The number of likely N-dealkylation sites (tertiary alicyclic amines) is 1. The van der Waals surface area contributed by atoms with E-state index in [2.05, 4.69) is 28.5 Å². The summed E-state index contributed by atoms with van der Waals surface area (Å²) >= 11 is 6.18. The largest absolute Gasteiger partial charge is 0.354 e. The van der Waals surface area contributed by atoms with Crippen molar-refractivity contribution >= 4 is 17.5 Å². The normalized spacial score (nSPS) is 26.2. The summed E-state index contributed by atoms with van der Waals surface area (Å²) in [5.74, 6) is 0.342. The highest BCUT2D eigenvalue weighted by molar-refractivity contribution is 6.30. The maximum absolute atomic E-state index is 12.6. The molecule has 1 aromatic rings. The molecule has 3 rings (SSSR count). The summed E-state index contributed by atoms with van der Waals surface area (Å²) in [7, 11) is 0. The zero-order valence-corrected chi connectivity index (χ0v) is 15.2. The van der Waals surface area contributed by atoms with E-state index < -0.39 is 0 Å². The van der Waals surface area contributed by atoms with Crippen LogP contribution in [-0.4, -0.2) is 43.0 Å². The van der Waals surface area contributed by atoms with Crippen LogP contribution in [0.2, 0.25) is 5.02 Å². The summed E-state index contributed by atoms with van der Waals surface area (Å²) in [6.45, 7) is 5.94. The second-order valence-corrected chi connectivity index (χ2v) is 7.57. The van der Waals surface area contributed by atoms with Crippen LogP contribution in [0.4, 0.5) is 0 Å². The molecule has 132 valence electrons. The quantitative estimate of drug-likeness (QED) is 0.859. The van der Waals surface area contributed by atoms with E-state index in [9.17, 15) is 4.79 Å². The lowest BCUT2D eigenvalue weighted by Gasteiger charge is -2.31. The molecular formula is C19H28ClN3O. The first-order valence-corrected chi connectivity index (χ1v) is 9.52. The van der Waals surface area contributed by atoms with E-state index in [-0.39, 0.29) is 17.9 Å². The number of halogens is 1. The van der Waals surface area contributed by atoms with Crippen molar-refractivity contribution in [3.8, 4) is 0 Å². The van der Waals surface area contributed by atoms with Crippen LogP contribution >= 0.6 is 11.6 Å². The van der Waals surface area contributed by atoms with Gasteiger partial charge in [-0.2, -0.15) is 0 Å². The lowest BCUT2D eigenvalue weighted by atomic mass is 9.92. The second-order valence-electron chi connectivity index (χ2n) is 7.14. The number of hydrogen-bond donors (Lipinski definition) is 2. The fourth-order valence-corrected chi connectivity index (χ4v) is 4.14. The molecule has 0 aliphatic carbocycles. The molecule has 2 heterocycles. The highest BCUT2D eigenvalue weighted by Crippen LogP contribution is 2.27. The van der Waals surface area contributed by atoms with Crippen molar-refractivity contribution in [2.24, 2.45) is 5.92 Å². The third-order valence-corrected chi connectivity index (χ3v) is 5.51. The van der Waals surface area contributed by atoms with Crippen molar-refractivity contribution in [2.75, 3.05) is 26.2 Å². The Balaban J connectivity index is 1.64. The SMILES string of the molecule is C[C@H]1C[C@@H](C(=O)NCC(c2cccc(Cl)c2)N2CCCC2)CCN1. The molecule has 2 fully saturated rings. The standard InChI is InChI=1S/C19H28ClN3O/c1-14-11-16(7-8-21-14)19(24)22-13-18(23-9-2-3-10-23)15-5-4-6-17(20)12-15/h4-6,12,14,16,18,21H,2-3,7-11,13H2,1H3,(H,22,24)/t14-,16-,18?/m0/s1. The Hall–Kier alpha value is -1.10. The lowest BCUT2D eigenvalue weighted by Crippen LogP contribution is -2.44. The minimum Gasteiger partial charge on any atom is -0.354 e. The molecule has 2 aliphatic heterocycles. The predicted octanol–water partition coefficient (Wildman–Crippen LogP) is 2.98. The van der Waals surface area contributed by atoms with Crippen molar-refractivity contribution < 1.29 is 4.79 Å². The van der Waals surface area contributed by atoms with Crippen molar-refractivity contribution in [3.05, 3.63) is 34.9 Å². The Morgan fingerprint density at radius 1 is 1.42 bits per heavy atom. The van der Waals surface area contributed by atoms with E-state index in [0.717, 1.165) is 37.5 Å². The number of carbonyl (C=O) groups excluding carboxylic acids is 1. The zero-order valence-electron chi connectivity index (χ0n) is 14.4. The molecule has 2 aliphatic rings. The van der Waals surface area contributed by atoms with Gasteiger partial charge in [0.1, 0.15) is 0 Å². The third kappa shape index (κ3) is 4.50. The number of hydrogen-bond acceptors (Lipinski definition) is 3. The van der Waals surface area contributed by atoms with Gasteiger partial charge in [-0.25, -0.2) is 0 Å². The zero-order chi connectivity index (χ0) is 16.9. The van der Waals surface area contributed by atoms with E-state index in [1.807, 2.05) is 18.2 Å². The maximum Gasteiger partial charge on any atom is 0.223 e. The number of piperidine rings is 1. The number of nitrogens with zero attached hydrogens (tertiary/aromatic N) is 1. The second kappa shape index (κ2) is 8.32. The summed E-state index contributed by atoms with van der Waals surface area (Å²) in [6.07, 6.45) is 4.33. The first-order chi connectivity index (χ1) is 11.6. The summed E-state index contributed by atoms with van der Waals surface area (Å²) in [5.41, 5.74) is 1.20. The molecule has 2 saturated heterocycles. The van der Waals surface area contributed by atoms with E-state index in [0.29, 0.717) is 12.6 Å². The van der Waals surface area contributed by atoms with E-state index in [1.54, 1.807) is 0 Å². The van der Waals surface area contributed by atoms with Gasteiger partial charge in [-0.1, -0.05) is 23.7 Å². The van der Waals surface area contributed by atoms with Crippen molar-refractivity contribution in [1.29, 1.82) is 0 Å². The highest BCUT2D eigenvalue weighted by Gasteiger charge is 2.27. The molecule has 4 nitrogen and oxygen atoms in total. The van der Waals surface area contributed by atoms with E-state index in [4.69, 9.17) is 11.6 Å². The van der Waals surface area contributed by atoms with Crippen LogP contribution in [0.3, 0.4) is 0 Å². The van der Waals surface area contributed by atoms with Crippen LogP contribution in [0.1, 0.15) is 44.2 Å². The van der Waals surface area contributed by atoms with Crippen LogP contribution < -0.4 is 10.6 Å². The predicted molar refractivity (Wildman–Crippen MR) is 98.2 cm³/mol. The fraction of sp³-hybridized carbons (Fsp3) is 0.632. The van der Waals surface area contributed by atoms with Crippen molar-refractivity contribution in [3.63, 3.8) is 0 Å². The Labute approximate surface area is 149 Å². The summed E-state index contributed by atoms with van der Waals surface area (Å²) in [4.78, 5) is 15.0. The number of carbonyl (C=O) groups is 1. The molecule has 0 radical (unpaired) electrons. The van der Waals surface area contributed by atoms with Gasteiger partial charge in [0.2, 0.25) is 5.91 Å². The van der Waals surface area contributed by atoms with Gasteiger partial charge in [0, 0.05) is 23.5 Å². The Kier molecular flexibility index (Phi) is 6.14. The number of nitrogens with one attached hydrogen (secondary N) is 2. The van der Waals surface area contributed by atoms with Crippen LogP contribution in [0.5, 0.6) is 0 Å². The molecule has 0 bridgehead atoms. The number of amides is 1. The Morgan fingerprint density at radius 2 is 2.21 bits per heavy atom. The molecule has 0 saturated carbocycles. The van der Waals surface area contributed by atoms with Gasteiger partial charge >= 0.3 is 0 Å². The van der Waals surface area contributed by atoms with Crippen LogP contribution in [0, 0.1) is 5.92 Å². The average molecular weight is 350 g/mol. The van der Waals surface area contributed by atoms with E-state index >= 15 is 0 Å². The average Bonchev–Trinajstić information content (AvgIpc) is 3.09. The molecular weight excluding hydrogens is 322 g/mol. The van der Waals surface area contributed by atoms with Crippen LogP contribution in [0.25, 0.3) is 0 Å². The van der Waals surface area contributed by atoms with Gasteiger partial charge in [0.05, 0.1) is 6.04 Å². The molecule has 1 unspecified atom stereocenters. The van der Waals surface area contributed by atoms with E-state index in [1.165, 1.54) is 18.4 Å². The van der Waals surface area contributed by atoms with Gasteiger partial charge in [0.25, 0.3) is 0 Å². The Morgan fingerprint density at radius 3 is 2.92 bits per heavy atom. The molecule has 0 aromatic heterocycles. The Bertz CT molecular complexity index is 559. The van der Waals surface area contributed by atoms with Gasteiger partial charge in [-0.3, -0.25) is 9.69 Å². The molecule has 3 atom stereocenters. The highest BCUT2D eigenvalue weighted by atomic mass is 35.5. The van der Waals surface area contributed by atoms with Crippen molar-refractivity contribution in [2.45, 2.75) is 44.7 Å². The molecule has 24 heavy (non-hydrogen) atoms. The first kappa shape index (κ1) is 17.7. The minimum absolute atomic E-state index is 0.139. The van der Waals surface area contributed by atoms with Crippen LogP contribution in [-0.2, 0) is 4.79 Å². The third-order valence-electron chi connectivity index (χ3n) is 5.28. The summed E-state index contributed by atoms with van der Waals surface area (Å²) < 4.78 is 0. The van der Waals surface area contributed by atoms with Gasteiger partial charge in [-0.05, 0) is 69.9 Å². The van der Waals surface area contributed by atoms with Gasteiger partial charge < -0.3 is 10.6 Å². The minimum atomic E-state index is 0.139. The topological polar surface area (TPSA) is 44.4 Å². The molecule has 5 heteroatoms. The smallest absolute Gasteiger partial charge is 0.223 e. The molecule has 2 N–H and O–H groups in total. The van der Waals surface area contributed by atoms with Crippen molar-refractivity contribution in [1.82, 2.24) is 15.5 Å². The molecule has 1 aromatic carbocycles. The number of rotatable bonds is 5. The lowest BCUT2D eigenvalue weighted by molar-refractivity contribution is -0.126. The van der Waals surface area contributed by atoms with Crippen LogP contribution in [0.15, 0.2) is 24.3 Å². The molecule has 1 amide bonds. The molecule has 0 spiro atoms. The summed E-state index contributed by atoms with van der Waals surface area (Å²) in [5, 5.41) is 7.38. The first-order valence-electron chi connectivity index (χ1n) is 9.14. The summed E-state index contributed by atoms with van der Waals surface area (Å²) in [6, 6.07) is 8.70. The number of benzene rings is 1.